The molecule has 0 saturated heterocycles. The van der Waals surface area contributed by atoms with Crippen LogP contribution in [0.3, 0.4) is 0 Å². The number of rotatable bonds is 6. The summed E-state index contributed by atoms with van der Waals surface area (Å²) in [4.78, 5) is 0. The van der Waals surface area contributed by atoms with E-state index in [9.17, 15) is 4.39 Å². The van der Waals surface area contributed by atoms with Crippen LogP contribution in [0, 0.1) is 12.7 Å². The lowest BCUT2D eigenvalue weighted by Crippen LogP contribution is -2.24. The number of furan rings is 1. The zero-order chi connectivity index (χ0) is 14.5. The zero-order valence-corrected chi connectivity index (χ0v) is 12.4. The van der Waals surface area contributed by atoms with Crippen LogP contribution in [0.15, 0.2) is 34.9 Å². The third kappa shape index (κ3) is 3.10. The Morgan fingerprint density at radius 3 is 2.70 bits per heavy atom. The van der Waals surface area contributed by atoms with Gasteiger partial charge in [-0.15, -0.1) is 0 Å². The standard InChI is InChI=1S/C17H22FNO/c1-4-9-19-17(13-8-10-20-16(13)5-2)14-11-12(3)6-7-15(14)18/h6-8,10-11,17,19H,4-5,9H2,1-3H3. The number of hydrogen-bond acceptors (Lipinski definition) is 2. The van der Waals surface area contributed by atoms with E-state index in [1.165, 1.54) is 6.07 Å². The Hall–Kier alpha value is -1.61. The zero-order valence-electron chi connectivity index (χ0n) is 12.4. The lowest BCUT2D eigenvalue weighted by atomic mass is 9.96. The van der Waals surface area contributed by atoms with Crippen molar-refractivity contribution in [2.45, 2.75) is 39.7 Å². The van der Waals surface area contributed by atoms with Crippen LogP contribution in [0.2, 0.25) is 0 Å². The van der Waals surface area contributed by atoms with E-state index in [1.807, 2.05) is 26.0 Å². The average molecular weight is 275 g/mol. The van der Waals surface area contributed by atoms with E-state index >= 15 is 0 Å². The van der Waals surface area contributed by atoms with Gasteiger partial charge in [-0.3, -0.25) is 0 Å². The molecule has 108 valence electrons. The molecule has 3 heteroatoms. The molecule has 1 atom stereocenters. The van der Waals surface area contributed by atoms with E-state index in [4.69, 9.17) is 4.42 Å². The van der Waals surface area contributed by atoms with Crippen LogP contribution in [0.4, 0.5) is 4.39 Å². The SMILES string of the molecule is CCCNC(c1cc(C)ccc1F)c1ccoc1CC. The first-order valence-electron chi connectivity index (χ1n) is 7.23. The summed E-state index contributed by atoms with van der Waals surface area (Å²) < 4.78 is 19.7. The molecule has 0 aliphatic carbocycles. The van der Waals surface area contributed by atoms with Crippen LogP contribution in [-0.2, 0) is 6.42 Å². The minimum atomic E-state index is -0.174. The molecular weight excluding hydrogens is 253 g/mol. The number of halogens is 1. The summed E-state index contributed by atoms with van der Waals surface area (Å²) in [6.45, 7) is 6.97. The molecular formula is C17H22FNO. The molecule has 0 radical (unpaired) electrons. The predicted octanol–water partition coefficient (Wildman–Crippen LogP) is 4.38. The van der Waals surface area contributed by atoms with E-state index in [-0.39, 0.29) is 11.9 Å². The fraction of sp³-hybridized carbons (Fsp3) is 0.412. The molecule has 0 amide bonds. The quantitative estimate of drug-likeness (QED) is 0.846. The summed E-state index contributed by atoms with van der Waals surface area (Å²) >= 11 is 0. The Labute approximate surface area is 120 Å². The van der Waals surface area contributed by atoms with Crippen LogP contribution in [-0.4, -0.2) is 6.54 Å². The van der Waals surface area contributed by atoms with Gasteiger partial charge in [0.25, 0.3) is 0 Å². The molecule has 2 rings (SSSR count). The van der Waals surface area contributed by atoms with Crippen molar-refractivity contribution < 1.29 is 8.81 Å². The van der Waals surface area contributed by atoms with Crippen molar-refractivity contribution in [1.82, 2.24) is 5.32 Å². The number of benzene rings is 1. The second kappa shape index (κ2) is 6.71. The monoisotopic (exact) mass is 275 g/mol. The van der Waals surface area contributed by atoms with E-state index < -0.39 is 0 Å². The Kier molecular flexibility index (Phi) is 4.96. The van der Waals surface area contributed by atoms with Gasteiger partial charge in [0.05, 0.1) is 12.3 Å². The summed E-state index contributed by atoms with van der Waals surface area (Å²) in [6.07, 6.45) is 3.49. The lowest BCUT2D eigenvalue weighted by molar-refractivity contribution is 0.494. The molecule has 1 aromatic carbocycles. The highest BCUT2D eigenvalue weighted by Gasteiger charge is 2.21. The van der Waals surface area contributed by atoms with Gasteiger partial charge in [0, 0.05) is 17.5 Å². The summed E-state index contributed by atoms with van der Waals surface area (Å²) in [7, 11) is 0. The van der Waals surface area contributed by atoms with E-state index in [0.717, 1.165) is 36.3 Å². The third-order valence-corrected chi connectivity index (χ3v) is 3.47. The first kappa shape index (κ1) is 14.8. The molecule has 20 heavy (non-hydrogen) atoms. The van der Waals surface area contributed by atoms with Crippen molar-refractivity contribution >= 4 is 0 Å². The molecule has 0 saturated carbocycles. The van der Waals surface area contributed by atoms with Crippen molar-refractivity contribution in [3.8, 4) is 0 Å². The number of aryl methyl sites for hydroxylation is 2. The fourth-order valence-electron chi connectivity index (χ4n) is 2.46. The minimum absolute atomic E-state index is 0.149. The van der Waals surface area contributed by atoms with Gasteiger partial charge >= 0.3 is 0 Å². The fourth-order valence-corrected chi connectivity index (χ4v) is 2.46. The maximum atomic E-state index is 14.2. The largest absolute Gasteiger partial charge is 0.469 e. The molecule has 1 unspecified atom stereocenters. The molecule has 1 aromatic heterocycles. The normalized spacial score (nSPS) is 12.6. The summed E-state index contributed by atoms with van der Waals surface area (Å²) in [5, 5.41) is 3.43. The highest BCUT2D eigenvalue weighted by atomic mass is 19.1. The second-order valence-corrected chi connectivity index (χ2v) is 5.06. The smallest absolute Gasteiger partial charge is 0.128 e. The Morgan fingerprint density at radius 2 is 2.00 bits per heavy atom. The summed E-state index contributed by atoms with van der Waals surface area (Å²) in [5.74, 6) is 0.743. The third-order valence-electron chi connectivity index (χ3n) is 3.47. The molecule has 2 nitrogen and oxygen atoms in total. The van der Waals surface area contributed by atoms with Crippen LogP contribution < -0.4 is 5.32 Å². The van der Waals surface area contributed by atoms with E-state index in [1.54, 1.807) is 12.3 Å². The summed E-state index contributed by atoms with van der Waals surface area (Å²) in [6, 6.07) is 7.04. The Morgan fingerprint density at radius 1 is 1.20 bits per heavy atom. The van der Waals surface area contributed by atoms with Crippen molar-refractivity contribution in [3.63, 3.8) is 0 Å². The predicted molar refractivity (Wildman–Crippen MR) is 79.4 cm³/mol. The van der Waals surface area contributed by atoms with Crippen molar-refractivity contribution in [2.75, 3.05) is 6.54 Å². The van der Waals surface area contributed by atoms with Crippen molar-refractivity contribution in [1.29, 1.82) is 0 Å². The number of nitrogens with one attached hydrogen (secondary N) is 1. The van der Waals surface area contributed by atoms with Crippen LogP contribution in [0.5, 0.6) is 0 Å². The van der Waals surface area contributed by atoms with Gasteiger partial charge in [-0.2, -0.15) is 0 Å². The Balaban J connectivity index is 2.44. The molecule has 0 bridgehead atoms. The van der Waals surface area contributed by atoms with Gasteiger partial charge < -0.3 is 9.73 Å². The highest BCUT2D eigenvalue weighted by Crippen LogP contribution is 2.29. The second-order valence-electron chi connectivity index (χ2n) is 5.06. The van der Waals surface area contributed by atoms with Crippen LogP contribution in [0.1, 0.15) is 48.8 Å². The molecule has 0 spiro atoms. The first-order valence-corrected chi connectivity index (χ1v) is 7.23. The van der Waals surface area contributed by atoms with Gasteiger partial charge in [0.2, 0.25) is 0 Å². The van der Waals surface area contributed by atoms with Crippen LogP contribution in [0.25, 0.3) is 0 Å². The van der Waals surface area contributed by atoms with Crippen molar-refractivity contribution in [3.05, 3.63) is 58.8 Å². The maximum absolute atomic E-state index is 14.2. The van der Waals surface area contributed by atoms with E-state index in [0.29, 0.717) is 5.56 Å². The highest BCUT2D eigenvalue weighted by molar-refractivity contribution is 5.36. The molecule has 0 aliphatic heterocycles. The average Bonchev–Trinajstić information content (AvgIpc) is 2.91. The maximum Gasteiger partial charge on any atom is 0.128 e. The molecule has 0 fully saturated rings. The van der Waals surface area contributed by atoms with Gasteiger partial charge in [-0.25, -0.2) is 4.39 Å². The first-order chi connectivity index (χ1) is 9.67. The summed E-state index contributed by atoms with van der Waals surface area (Å²) in [5.41, 5.74) is 2.78. The van der Waals surface area contributed by atoms with Gasteiger partial charge in [-0.05, 0) is 32.0 Å². The van der Waals surface area contributed by atoms with Crippen LogP contribution >= 0.6 is 0 Å². The molecule has 0 aliphatic rings. The Bertz CT molecular complexity index is 562. The van der Waals surface area contributed by atoms with Gasteiger partial charge in [0.1, 0.15) is 11.6 Å². The van der Waals surface area contributed by atoms with Gasteiger partial charge in [0.15, 0.2) is 0 Å². The van der Waals surface area contributed by atoms with E-state index in [2.05, 4.69) is 12.2 Å². The molecule has 1 N–H and O–H groups in total. The van der Waals surface area contributed by atoms with Gasteiger partial charge in [-0.1, -0.05) is 31.5 Å². The minimum Gasteiger partial charge on any atom is -0.469 e. The lowest BCUT2D eigenvalue weighted by Gasteiger charge is -2.20. The number of hydrogen-bond donors (Lipinski definition) is 1. The topological polar surface area (TPSA) is 25.2 Å². The molecule has 1 heterocycles. The van der Waals surface area contributed by atoms with Crippen molar-refractivity contribution in [2.24, 2.45) is 0 Å². The molecule has 2 aromatic rings.